The Bertz CT molecular complexity index is 970. The molecule has 0 aromatic heterocycles. The van der Waals surface area contributed by atoms with Gasteiger partial charge >= 0.3 is 10.1 Å². The molecule has 0 fully saturated rings. The maximum atomic E-state index is 12.5. The van der Waals surface area contributed by atoms with Gasteiger partial charge in [0, 0.05) is 19.3 Å². The molecule has 2 rings (SSSR count). The van der Waals surface area contributed by atoms with Crippen LogP contribution in [0.3, 0.4) is 0 Å². The molecule has 0 aliphatic rings. The molecule has 0 atom stereocenters. The minimum absolute atomic E-state index is 0. The van der Waals surface area contributed by atoms with Crippen molar-refractivity contribution >= 4 is 46.8 Å². The highest BCUT2D eigenvalue weighted by molar-refractivity contribution is 7.87. The van der Waals surface area contributed by atoms with Gasteiger partial charge in [-0.05, 0) is 42.7 Å². The van der Waals surface area contributed by atoms with E-state index >= 15 is 0 Å². The Morgan fingerprint density at radius 2 is 1.93 bits per heavy atom. The van der Waals surface area contributed by atoms with E-state index in [0.29, 0.717) is 25.1 Å². The lowest BCUT2D eigenvalue weighted by molar-refractivity contribution is 0.409. The van der Waals surface area contributed by atoms with E-state index in [-0.39, 0.29) is 34.0 Å². The van der Waals surface area contributed by atoms with Crippen molar-refractivity contribution in [2.45, 2.75) is 17.7 Å². The van der Waals surface area contributed by atoms with E-state index in [0.717, 1.165) is 5.56 Å². The van der Waals surface area contributed by atoms with Gasteiger partial charge in [0.25, 0.3) is 0 Å². The average molecular weight is 461 g/mol. The van der Waals surface area contributed by atoms with Crippen LogP contribution in [0.5, 0.6) is 11.5 Å². The number of ether oxygens (including phenoxy) is 1. The minimum Gasteiger partial charge on any atom is -0.497 e. The van der Waals surface area contributed by atoms with E-state index in [1.54, 1.807) is 24.3 Å². The Kier molecular flexibility index (Phi) is 9.22. The lowest BCUT2D eigenvalue weighted by Gasteiger charge is -2.16. The maximum absolute atomic E-state index is 12.5. The molecule has 0 saturated carbocycles. The third-order valence-corrected chi connectivity index (χ3v) is 5.52. The van der Waals surface area contributed by atoms with Gasteiger partial charge in [-0.2, -0.15) is 13.5 Å². The summed E-state index contributed by atoms with van der Waals surface area (Å²) < 4.78 is 35.6. The van der Waals surface area contributed by atoms with Crippen molar-refractivity contribution < 1.29 is 17.3 Å². The zero-order valence-electron chi connectivity index (χ0n) is 15.7. The molecule has 0 aliphatic carbocycles. The SMILES string of the molecule is C=NN(CCCc1cc(OC)cc(OS(=O)(=O)c2ccccc2Cl)c1)C(=N)N.Cl. The molecule has 0 aliphatic heterocycles. The summed E-state index contributed by atoms with van der Waals surface area (Å²) in [5, 5.41) is 12.4. The number of guanidine groups is 1. The van der Waals surface area contributed by atoms with Crippen molar-refractivity contribution in [2.24, 2.45) is 10.8 Å². The van der Waals surface area contributed by atoms with E-state index < -0.39 is 10.1 Å². The maximum Gasteiger partial charge on any atom is 0.340 e. The smallest absolute Gasteiger partial charge is 0.340 e. The number of rotatable bonds is 9. The Morgan fingerprint density at radius 1 is 1.28 bits per heavy atom. The average Bonchev–Trinajstić information content (AvgIpc) is 2.64. The van der Waals surface area contributed by atoms with Gasteiger partial charge < -0.3 is 14.7 Å². The molecular weight excluding hydrogens is 439 g/mol. The molecular formula is C18H22Cl2N4O4S. The summed E-state index contributed by atoms with van der Waals surface area (Å²) in [5.41, 5.74) is 6.18. The molecule has 0 bridgehead atoms. The van der Waals surface area contributed by atoms with Crippen LogP contribution < -0.4 is 14.7 Å². The summed E-state index contributed by atoms with van der Waals surface area (Å²) in [6, 6.07) is 10.9. The van der Waals surface area contributed by atoms with Crippen LogP contribution in [0.25, 0.3) is 0 Å². The van der Waals surface area contributed by atoms with Crippen molar-refractivity contribution in [3.8, 4) is 11.5 Å². The number of hydrazone groups is 1. The zero-order chi connectivity index (χ0) is 20.7. The van der Waals surface area contributed by atoms with E-state index in [2.05, 4.69) is 11.8 Å². The van der Waals surface area contributed by atoms with Crippen LogP contribution in [-0.2, 0) is 16.5 Å². The lowest BCUT2D eigenvalue weighted by atomic mass is 10.1. The molecule has 0 unspecified atom stereocenters. The van der Waals surface area contributed by atoms with Crippen LogP contribution in [0.2, 0.25) is 5.02 Å². The highest BCUT2D eigenvalue weighted by Crippen LogP contribution is 2.28. The molecule has 0 radical (unpaired) electrons. The van der Waals surface area contributed by atoms with E-state index in [1.807, 2.05) is 0 Å². The topological polar surface area (TPSA) is 118 Å². The highest BCUT2D eigenvalue weighted by atomic mass is 35.5. The Labute approximate surface area is 181 Å². The van der Waals surface area contributed by atoms with Crippen LogP contribution >= 0.6 is 24.0 Å². The quantitative estimate of drug-likeness (QED) is 0.256. The molecule has 3 N–H and O–H groups in total. The van der Waals surface area contributed by atoms with Crippen molar-refractivity contribution in [1.29, 1.82) is 5.41 Å². The second-order valence-electron chi connectivity index (χ2n) is 5.74. The molecule has 0 heterocycles. The number of hydrogen-bond acceptors (Lipinski definition) is 6. The van der Waals surface area contributed by atoms with Crippen LogP contribution in [-0.4, -0.2) is 39.8 Å². The van der Waals surface area contributed by atoms with Gasteiger partial charge in [-0.3, -0.25) is 5.41 Å². The number of benzene rings is 2. The number of nitrogens with zero attached hydrogens (tertiary/aromatic N) is 2. The first-order valence-corrected chi connectivity index (χ1v) is 10.0. The van der Waals surface area contributed by atoms with E-state index in [1.165, 1.54) is 30.3 Å². The largest absolute Gasteiger partial charge is 0.497 e. The van der Waals surface area contributed by atoms with E-state index in [9.17, 15) is 8.42 Å². The fraction of sp³-hybridized carbons (Fsp3) is 0.222. The summed E-state index contributed by atoms with van der Waals surface area (Å²) >= 11 is 5.97. The highest BCUT2D eigenvalue weighted by Gasteiger charge is 2.20. The normalized spacial score (nSPS) is 10.6. The van der Waals surface area contributed by atoms with Crippen molar-refractivity contribution in [3.63, 3.8) is 0 Å². The molecule has 11 heteroatoms. The standard InChI is InChI=1S/C18H21ClN4O4S.ClH/c1-22-23(18(20)21)9-5-6-13-10-14(26-2)12-15(11-13)27-28(24,25)17-8-4-3-7-16(17)19;/h3-4,7-8,10-12H,1,5-6,9H2,2H3,(H3,20,21);1H. The lowest BCUT2D eigenvalue weighted by Crippen LogP contribution is -2.32. The van der Waals surface area contributed by atoms with Gasteiger partial charge in [-0.25, -0.2) is 5.01 Å². The first kappa shape index (κ1) is 24.5. The predicted octanol–water partition coefficient (Wildman–Crippen LogP) is 3.28. The number of halogens is 2. The summed E-state index contributed by atoms with van der Waals surface area (Å²) in [6.07, 6.45) is 1.15. The second-order valence-corrected chi connectivity index (χ2v) is 7.66. The number of nitrogens with two attached hydrogens (primary N) is 1. The Morgan fingerprint density at radius 3 is 2.52 bits per heavy atom. The third-order valence-electron chi connectivity index (χ3n) is 3.77. The molecule has 158 valence electrons. The fourth-order valence-electron chi connectivity index (χ4n) is 2.46. The van der Waals surface area contributed by atoms with Crippen LogP contribution in [0, 0.1) is 5.41 Å². The van der Waals surface area contributed by atoms with Gasteiger partial charge in [-0.1, -0.05) is 23.7 Å². The molecule has 2 aromatic carbocycles. The molecule has 2 aromatic rings. The number of nitrogens with one attached hydrogen (secondary N) is 1. The summed E-state index contributed by atoms with van der Waals surface area (Å²) in [4.78, 5) is -0.116. The molecule has 8 nitrogen and oxygen atoms in total. The van der Waals surface area contributed by atoms with Crippen LogP contribution in [0.15, 0.2) is 52.5 Å². The van der Waals surface area contributed by atoms with Crippen molar-refractivity contribution in [3.05, 3.63) is 53.1 Å². The van der Waals surface area contributed by atoms with Gasteiger partial charge in [-0.15, -0.1) is 12.4 Å². The van der Waals surface area contributed by atoms with Gasteiger partial charge in [0.05, 0.1) is 12.1 Å². The second kappa shape index (κ2) is 10.9. The van der Waals surface area contributed by atoms with Crippen molar-refractivity contribution in [2.75, 3.05) is 13.7 Å². The summed E-state index contributed by atoms with van der Waals surface area (Å²) in [5.74, 6) is 0.363. The predicted molar refractivity (Wildman–Crippen MR) is 116 cm³/mol. The number of hydrogen-bond donors (Lipinski definition) is 2. The summed E-state index contributed by atoms with van der Waals surface area (Å²) in [7, 11) is -2.62. The van der Waals surface area contributed by atoms with Gasteiger partial charge in [0.2, 0.25) is 5.96 Å². The van der Waals surface area contributed by atoms with Crippen molar-refractivity contribution in [1.82, 2.24) is 5.01 Å². The first-order chi connectivity index (χ1) is 13.3. The number of aryl methyl sites for hydroxylation is 1. The monoisotopic (exact) mass is 460 g/mol. The van der Waals surface area contributed by atoms with Gasteiger partial charge in [0.15, 0.2) is 0 Å². The first-order valence-electron chi connectivity index (χ1n) is 8.22. The third kappa shape index (κ3) is 6.81. The number of methoxy groups -OCH3 is 1. The summed E-state index contributed by atoms with van der Waals surface area (Å²) in [6.45, 7) is 3.76. The Balaban J connectivity index is 0.00000420. The zero-order valence-corrected chi connectivity index (χ0v) is 18.1. The molecule has 0 spiro atoms. The van der Waals surface area contributed by atoms with Gasteiger partial charge in [0.1, 0.15) is 16.4 Å². The molecule has 0 saturated heterocycles. The fourth-order valence-corrected chi connectivity index (χ4v) is 3.87. The molecule has 0 amide bonds. The van der Waals surface area contributed by atoms with Crippen LogP contribution in [0.1, 0.15) is 12.0 Å². The van der Waals surface area contributed by atoms with Crippen LogP contribution in [0.4, 0.5) is 0 Å². The Hall–Kier alpha value is -2.49. The molecule has 29 heavy (non-hydrogen) atoms. The van der Waals surface area contributed by atoms with E-state index in [4.69, 9.17) is 31.7 Å². The minimum atomic E-state index is -4.10.